The Bertz CT molecular complexity index is 339. The van der Waals surface area contributed by atoms with Crippen molar-refractivity contribution in [1.82, 2.24) is 0 Å². The first kappa shape index (κ1) is 11.8. The maximum absolute atomic E-state index is 10.6. The maximum Gasteiger partial charge on any atom is 0.322 e. The molecular weight excluding hydrogens is 218 g/mol. The van der Waals surface area contributed by atoms with Crippen molar-refractivity contribution in [2.75, 3.05) is 7.11 Å². The van der Waals surface area contributed by atoms with Gasteiger partial charge in [0, 0.05) is 0 Å². The van der Waals surface area contributed by atoms with Gasteiger partial charge in [0.05, 0.1) is 12.5 Å². The van der Waals surface area contributed by atoms with E-state index in [0.29, 0.717) is 11.3 Å². The van der Waals surface area contributed by atoms with Gasteiger partial charge in [-0.2, -0.15) is 0 Å². The summed E-state index contributed by atoms with van der Waals surface area (Å²) in [6, 6.07) is 5.69. The summed E-state index contributed by atoms with van der Waals surface area (Å²) in [6.07, 6.45) is 0. The molecule has 0 aliphatic carbocycles. The van der Waals surface area contributed by atoms with Gasteiger partial charge < -0.3 is 15.6 Å². The van der Waals surface area contributed by atoms with E-state index in [1.807, 2.05) is 0 Å². The van der Waals surface area contributed by atoms with Gasteiger partial charge in [-0.05, 0) is 17.7 Å². The number of benzene rings is 1. The molecule has 0 aliphatic heterocycles. The Kier molecular flexibility index (Phi) is 3.94. The fraction of sp³-hybridized carbons (Fsp3) is 0.300. The Labute approximate surface area is 92.6 Å². The van der Waals surface area contributed by atoms with Gasteiger partial charge >= 0.3 is 5.97 Å². The second kappa shape index (κ2) is 5.00. The van der Waals surface area contributed by atoms with Crippen molar-refractivity contribution in [3.63, 3.8) is 0 Å². The van der Waals surface area contributed by atoms with Gasteiger partial charge in [-0.1, -0.05) is 12.1 Å². The molecule has 1 unspecified atom stereocenters. The van der Waals surface area contributed by atoms with Crippen LogP contribution in [-0.4, -0.2) is 24.2 Å². The van der Waals surface area contributed by atoms with Gasteiger partial charge in [-0.15, -0.1) is 11.6 Å². The third-order valence-corrected chi connectivity index (χ3v) is 2.56. The van der Waals surface area contributed by atoms with Gasteiger partial charge in [0.1, 0.15) is 11.8 Å². The summed E-state index contributed by atoms with van der Waals surface area (Å²) in [5.74, 6) is -0.433. The molecule has 3 N–H and O–H groups in total. The third-order valence-electron chi connectivity index (χ3n) is 2.03. The van der Waals surface area contributed by atoms with Crippen molar-refractivity contribution in [3.05, 3.63) is 29.8 Å². The van der Waals surface area contributed by atoms with Crippen LogP contribution < -0.4 is 10.5 Å². The fourth-order valence-corrected chi connectivity index (χ4v) is 1.37. The number of carboxylic acid groups (broad SMARTS) is 1. The minimum Gasteiger partial charge on any atom is -0.497 e. The molecule has 0 saturated heterocycles. The number of hydrogen-bond donors (Lipinski definition) is 2. The molecule has 0 aromatic heterocycles. The van der Waals surface area contributed by atoms with Gasteiger partial charge in [0.15, 0.2) is 0 Å². The van der Waals surface area contributed by atoms with Crippen LogP contribution in [0.4, 0.5) is 0 Å². The monoisotopic (exact) mass is 229 g/mol. The lowest BCUT2D eigenvalue weighted by molar-refractivity contribution is -0.138. The van der Waals surface area contributed by atoms with E-state index >= 15 is 0 Å². The Balaban J connectivity index is 2.82. The Morgan fingerprint density at radius 1 is 1.47 bits per heavy atom. The molecule has 4 nitrogen and oxygen atoms in total. The van der Waals surface area contributed by atoms with E-state index in [0.717, 1.165) is 0 Å². The minimum absolute atomic E-state index is 0.660. The van der Waals surface area contributed by atoms with Crippen LogP contribution >= 0.6 is 11.6 Å². The van der Waals surface area contributed by atoms with E-state index in [-0.39, 0.29) is 0 Å². The molecule has 0 bridgehead atoms. The maximum atomic E-state index is 10.6. The summed E-state index contributed by atoms with van der Waals surface area (Å²) >= 11 is 5.90. The van der Waals surface area contributed by atoms with Crippen molar-refractivity contribution >= 4 is 17.6 Å². The highest BCUT2D eigenvalue weighted by molar-refractivity contribution is 6.22. The SMILES string of the molecule is COc1ccc(C(Cl)[C@H](N)C(=O)O)cc1. The number of carbonyl (C=O) groups is 1. The van der Waals surface area contributed by atoms with Crippen LogP contribution in [0.1, 0.15) is 10.9 Å². The van der Waals surface area contributed by atoms with Crippen LogP contribution in [0.25, 0.3) is 0 Å². The van der Waals surface area contributed by atoms with Gasteiger partial charge in [-0.3, -0.25) is 4.79 Å². The molecule has 0 radical (unpaired) electrons. The fourth-order valence-electron chi connectivity index (χ4n) is 1.12. The lowest BCUT2D eigenvalue weighted by Crippen LogP contribution is -2.34. The smallest absolute Gasteiger partial charge is 0.322 e. The summed E-state index contributed by atoms with van der Waals surface area (Å²) in [4.78, 5) is 10.6. The molecule has 0 saturated carbocycles. The zero-order chi connectivity index (χ0) is 11.4. The normalized spacial score (nSPS) is 14.3. The zero-order valence-corrected chi connectivity index (χ0v) is 8.94. The van der Waals surface area contributed by atoms with Crippen LogP contribution in [0.5, 0.6) is 5.75 Å². The van der Waals surface area contributed by atoms with E-state index in [2.05, 4.69) is 0 Å². The predicted molar refractivity (Wildman–Crippen MR) is 57.2 cm³/mol. The summed E-state index contributed by atoms with van der Waals surface area (Å²) in [6.45, 7) is 0. The number of methoxy groups -OCH3 is 1. The first-order chi connectivity index (χ1) is 7.06. The van der Waals surface area contributed by atoms with E-state index in [4.69, 9.17) is 27.2 Å². The van der Waals surface area contributed by atoms with E-state index in [1.54, 1.807) is 31.4 Å². The first-order valence-electron chi connectivity index (χ1n) is 4.32. The van der Waals surface area contributed by atoms with Crippen LogP contribution in [0.15, 0.2) is 24.3 Å². The highest BCUT2D eigenvalue weighted by Crippen LogP contribution is 2.25. The molecule has 1 rings (SSSR count). The van der Waals surface area contributed by atoms with Crippen LogP contribution in [0, 0.1) is 0 Å². The number of carboxylic acids is 1. The van der Waals surface area contributed by atoms with Gasteiger partial charge in [0.25, 0.3) is 0 Å². The topological polar surface area (TPSA) is 72.5 Å². The molecule has 0 aliphatic rings. The van der Waals surface area contributed by atoms with Crippen LogP contribution in [-0.2, 0) is 4.79 Å². The number of alkyl halides is 1. The van der Waals surface area contributed by atoms with Crippen molar-refractivity contribution in [1.29, 1.82) is 0 Å². The Hall–Kier alpha value is -1.26. The third kappa shape index (κ3) is 2.84. The first-order valence-corrected chi connectivity index (χ1v) is 4.76. The lowest BCUT2D eigenvalue weighted by Gasteiger charge is -2.14. The van der Waals surface area contributed by atoms with Gasteiger partial charge in [0.2, 0.25) is 0 Å². The molecule has 82 valence electrons. The van der Waals surface area contributed by atoms with E-state index in [9.17, 15) is 4.79 Å². The zero-order valence-electron chi connectivity index (χ0n) is 8.18. The number of rotatable bonds is 4. The van der Waals surface area contributed by atoms with Gasteiger partial charge in [-0.25, -0.2) is 0 Å². The molecule has 0 fully saturated rings. The molecule has 2 atom stereocenters. The Morgan fingerprint density at radius 2 is 2.00 bits per heavy atom. The summed E-state index contributed by atoms with van der Waals surface area (Å²) in [5.41, 5.74) is 6.06. The van der Waals surface area contributed by atoms with Crippen molar-refractivity contribution in [2.45, 2.75) is 11.4 Å². The number of nitrogens with two attached hydrogens (primary N) is 1. The predicted octanol–water partition coefficient (Wildman–Crippen LogP) is 1.39. The van der Waals surface area contributed by atoms with E-state index < -0.39 is 17.4 Å². The molecule has 15 heavy (non-hydrogen) atoms. The minimum atomic E-state index is -1.12. The summed E-state index contributed by atoms with van der Waals surface area (Å²) < 4.78 is 4.97. The molecule has 5 heteroatoms. The lowest BCUT2D eigenvalue weighted by atomic mass is 10.1. The van der Waals surface area contributed by atoms with Crippen molar-refractivity contribution in [3.8, 4) is 5.75 Å². The number of hydrogen-bond acceptors (Lipinski definition) is 3. The largest absolute Gasteiger partial charge is 0.497 e. The summed E-state index contributed by atoms with van der Waals surface area (Å²) in [7, 11) is 1.55. The second-order valence-electron chi connectivity index (χ2n) is 3.04. The average Bonchev–Trinajstić information content (AvgIpc) is 2.27. The average molecular weight is 230 g/mol. The molecule has 1 aromatic rings. The molecule has 0 amide bonds. The van der Waals surface area contributed by atoms with Crippen LogP contribution in [0.3, 0.4) is 0 Å². The second-order valence-corrected chi connectivity index (χ2v) is 3.51. The quantitative estimate of drug-likeness (QED) is 0.766. The van der Waals surface area contributed by atoms with Crippen molar-refractivity contribution < 1.29 is 14.6 Å². The number of aliphatic carboxylic acids is 1. The number of ether oxygens (including phenoxy) is 1. The molecule has 0 heterocycles. The standard InChI is InChI=1S/C10H12ClNO3/c1-15-7-4-2-6(3-5-7)8(11)9(12)10(13)14/h2-5,8-9H,12H2,1H3,(H,13,14)/t8?,9-/m0/s1. The highest BCUT2D eigenvalue weighted by atomic mass is 35.5. The molecule has 0 spiro atoms. The van der Waals surface area contributed by atoms with E-state index in [1.165, 1.54) is 0 Å². The molecular formula is C10H12ClNO3. The van der Waals surface area contributed by atoms with Crippen LogP contribution in [0.2, 0.25) is 0 Å². The highest BCUT2D eigenvalue weighted by Gasteiger charge is 2.23. The molecule has 1 aromatic carbocycles. The van der Waals surface area contributed by atoms with Crippen molar-refractivity contribution in [2.24, 2.45) is 5.73 Å². The summed E-state index contributed by atoms with van der Waals surface area (Å²) in [5, 5.41) is 7.94. The number of halogens is 1. The Morgan fingerprint density at radius 3 is 2.40 bits per heavy atom.